The summed E-state index contributed by atoms with van der Waals surface area (Å²) in [4.78, 5) is 11.2. The predicted molar refractivity (Wildman–Crippen MR) is 89.5 cm³/mol. The van der Waals surface area contributed by atoms with Crippen LogP contribution in [0.1, 0.15) is 22.7 Å². The van der Waals surface area contributed by atoms with Gasteiger partial charge in [-0.1, -0.05) is 18.2 Å². The van der Waals surface area contributed by atoms with Crippen LogP contribution in [0.4, 0.5) is 17.6 Å². The molecule has 5 nitrogen and oxygen atoms in total. The number of aryl methyl sites for hydroxylation is 1. The van der Waals surface area contributed by atoms with Crippen LogP contribution in [-0.2, 0) is 21.0 Å². The van der Waals surface area contributed by atoms with E-state index in [4.69, 9.17) is 5.73 Å². The van der Waals surface area contributed by atoms with Gasteiger partial charge in [-0.2, -0.15) is 17.5 Å². The molecule has 0 aliphatic carbocycles. The normalized spacial score (nSPS) is 13.6. The zero-order valence-electron chi connectivity index (χ0n) is 14.3. The van der Waals surface area contributed by atoms with Gasteiger partial charge in [-0.25, -0.2) is 12.8 Å². The first-order chi connectivity index (χ1) is 12.4. The quantitative estimate of drug-likeness (QED) is 0.778. The molecule has 2 aromatic carbocycles. The first-order valence-corrected chi connectivity index (χ1v) is 9.00. The molecule has 146 valence electrons. The SMILES string of the molecule is Cc1ccc(S(=O)(=O)N(C)C(C(N)=O)c2cccc(F)c2)cc1C(F)(F)F. The van der Waals surface area contributed by atoms with Gasteiger partial charge in [0.2, 0.25) is 15.9 Å². The predicted octanol–water partition coefficient (Wildman–Crippen LogP) is 3.00. The number of sulfonamides is 1. The topological polar surface area (TPSA) is 80.5 Å². The Morgan fingerprint density at radius 2 is 1.78 bits per heavy atom. The second-order valence-electron chi connectivity index (χ2n) is 5.86. The van der Waals surface area contributed by atoms with Crippen molar-refractivity contribution < 1.29 is 30.8 Å². The van der Waals surface area contributed by atoms with E-state index in [-0.39, 0.29) is 11.1 Å². The highest BCUT2D eigenvalue weighted by molar-refractivity contribution is 7.89. The standard InChI is InChI=1S/C17H16F4N2O3S/c1-10-6-7-13(9-14(10)17(19,20)21)27(25,26)23(2)15(16(22)24)11-4-3-5-12(18)8-11/h3-9,15H,1-2H3,(H2,22,24). The zero-order valence-corrected chi connectivity index (χ0v) is 15.1. The Kier molecular flexibility index (Phi) is 5.62. The van der Waals surface area contributed by atoms with E-state index in [0.717, 1.165) is 31.3 Å². The van der Waals surface area contributed by atoms with E-state index in [9.17, 15) is 30.8 Å². The molecule has 0 radical (unpaired) electrons. The van der Waals surface area contributed by atoms with Crippen LogP contribution >= 0.6 is 0 Å². The Morgan fingerprint density at radius 1 is 1.15 bits per heavy atom. The van der Waals surface area contributed by atoms with Gasteiger partial charge in [-0.3, -0.25) is 4.79 Å². The van der Waals surface area contributed by atoms with E-state index < -0.39 is 44.4 Å². The van der Waals surface area contributed by atoms with Crippen LogP contribution in [-0.4, -0.2) is 25.7 Å². The molecule has 1 amide bonds. The summed E-state index contributed by atoms with van der Waals surface area (Å²) in [6.07, 6.45) is -4.75. The molecule has 2 rings (SSSR count). The van der Waals surface area contributed by atoms with E-state index >= 15 is 0 Å². The van der Waals surface area contributed by atoms with E-state index in [1.165, 1.54) is 19.1 Å². The first-order valence-electron chi connectivity index (χ1n) is 7.56. The lowest BCUT2D eigenvalue weighted by atomic mass is 10.1. The van der Waals surface area contributed by atoms with Crippen molar-refractivity contribution in [1.29, 1.82) is 0 Å². The van der Waals surface area contributed by atoms with Gasteiger partial charge >= 0.3 is 6.18 Å². The summed E-state index contributed by atoms with van der Waals surface area (Å²) < 4.78 is 78.8. The third kappa shape index (κ3) is 4.28. The van der Waals surface area contributed by atoms with Crippen molar-refractivity contribution in [3.63, 3.8) is 0 Å². The van der Waals surface area contributed by atoms with Crippen LogP contribution in [0.3, 0.4) is 0 Å². The van der Waals surface area contributed by atoms with Crippen LogP contribution in [0, 0.1) is 12.7 Å². The Hall–Kier alpha value is -2.46. The van der Waals surface area contributed by atoms with Crippen molar-refractivity contribution in [2.75, 3.05) is 7.05 Å². The van der Waals surface area contributed by atoms with Crippen molar-refractivity contribution in [1.82, 2.24) is 4.31 Å². The fraction of sp³-hybridized carbons (Fsp3) is 0.235. The van der Waals surface area contributed by atoms with Gasteiger partial charge in [0.05, 0.1) is 10.5 Å². The number of amides is 1. The third-order valence-electron chi connectivity index (χ3n) is 3.99. The highest BCUT2D eigenvalue weighted by Gasteiger charge is 2.37. The monoisotopic (exact) mass is 404 g/mol. The lowest BCUT2D eigenvalue weighted by Gasteiger charge is -2.26. The molecule has 0 aliphatic heterocycles. The summed E-state index contributed by atoms with van der Waals surface area (Å²) in [6.45, 7) is 1.20. The lowest BCUT2D eigenvalue weighted by molar-refractivity contribution is -0.138. The Labute approximate surface area is 153 Å². The molecule has 0 heterocycles. The molecule has 0 aromatic heterocycles. The Morgan fingerprint density at radius 3 is 2.30 bits per heavy atom. The molecule has 0 bridgehead atoms. The highest BCUT2D eigenvalue weighted by Crippen LogP contribution is 2.34. The van der Waals surface area contributed by atoms with Crippen molar-refractivity contribution >= 4 is 15.9 Å². The number of likely N-dealkylation sites (N-methyl/N-ethyl adjacent to an activating group) is 1. The molecule has 10 heteroatoms. The van der Waals surface area contributed by atoms with E-state index in [2.05, 4.69) is 0 Å². The number of hydrogen-bond donors (Lipinski definition) is 1. The van der Waals surface area contributed by atoms with Crippen LogP contribution < -0.4 is 5.73 Å². The van der Waals surface area contributed by atoms with Crippen molar-refractivity contribution in [3.05, 3.63) is 65.0 Å². The minimum atomic E-state index is -4.75. The number of rotatable bonds is 5. The van der Waals surface area contributed by atoms with Crippen molar-refractivity contribution in [2.24, 2.45) is 5.73 Å². The molecule has 0 saturated carbocycles. The van der Waals surface area contributed by atoms with Gasteiger partial charge in [0, 0.05) is 7.05 Å². The van der Waals surface area contributed by atoms with Gasteiger partial charge in [0.1, 0.15) is 11.9 Å². The summed E-state index contributed by atoms with van der Waals surface area (Å²) in [5.74, 6) is -1.82. The number of hydrogen-bond acceptors (Lipinski definition) is 3. The van der Waals surface area contributed by atoms with Gasteiger partial charge < -0.3 is 5.73 Å². The van der Waals surface area contributed by atoms with Gasteiger partial charge in [0.25, 0.3) is 0 Å². The van der Waals surface area contributed by atoms with Crippen LogP contribution in [0.25, 0.3) is 0 Å². The smallest absolute Gasteiger partial charge is 0.368 e. The number of halogens is 4. The summed E-state index contributed by atoms with van der Waals surface area (Å²) in [6, 6.07) is 5.48. The second-order valence-corrected chi connectivity index (χ2v) is 7.85. The minimum Gasteiger partial charge on any atom is -0.368 e. The van der Waals surface area contributed by atoms with Crippen molar-refractivity contribution in [2.45, 2.75) is 24.0 Å². The lowest BCUT2D eigenvalue weighted by Crippen LogP contribution is -2.39. The van der Waals surface area contributed by atoms with Crippen LogP contribution in [0.5, 0.6) is 0 Å². The van der Waals surface area contributed by atoms with Crippen LogP contribution in [0.2, 0.25) is 0 Å². The molecule has 1 unspecified atom stereocenters. The number of primary amides is 1. The van der Waals surface area contributed by atoms with E-state index in [1.807, 2.05) is 0 Å². The zero-order chi connectivity index (χ0) is 20.6. The van der Waals surface area contributed by atoms with Gasteiger partial charge in [-0.05, 0) is 42.3 Å². The maximum absolute atomic E-state index is 13.5. The van der Waals surface area contributed by atoms with Crippen LogP contribution in [0.15, 0.2) is 47.4 Å². The number of nitrogens with zero attached hydrogens (tertiary/aromatic N) is 1. The molecule has 0 fully saturated rings. The fourth-order valence-electron chi connectivity index (χ4n) is 2.60. The maximum atomic E-state index is 13.5. The van der Waals surface area contributed by atoms with Gasteiger partial charge in [-0.15, -0.1) is 0 Å². The number of carbonyl (C=O) groups excluding carboxylic acids is 1. The summed E-state index contributed by atoms with van der Waals surface area (Å²) in [7, 11) is -3.54. The molecule has 27 heavy (non-hydrogen) atoms. The first kappa shape index (κ1) is 20.8. The third-order valence-corrected chi connectivity index (χ3v) is 5.81. The molecule has 0 spiro atoms. The minimum absolute atomic E-state index is 0.0447. The summed E-state index contributed by atoms with van der Waals surface area (Å²) in [5, 5.41) is 0. The summed E-state index contributed by atoms with van der Waals surface area (Å²) >= 11 is 0. The fourth-order valence-corrected chi connectivity index (χ4v) is 3.94. The molecular formula is C17H16F4N2O3S. The number of carbonyl (C=O) groups is 1. The van der Waals surface area contributed by atoms with Gasteiger partial charge in [0.15, 0.2) is 0 Å². The summed E-state index contributed by atoms with van der Waals surface area (Å²) in [5.41, 5.74) is 3.96. The van der Waals surface area contributed by atoms with E-state index in [0.29, 0.717) is 10.4 Å². The number of alkyl halides is 3. The Bertz CT molecular complexity index is 974. The average molecular weight is 404 g/mol. The van der Waals surface area contributed by atoms with Crippen molar-refractivity contribution in [3.8, 4) is 0 Å². The second kappa shape index (κ2) is 7.28. The molecule has 2 N–H and O–H groups in total. The van der Waals surface area contributed by atoms with E-state index in [1.54, 1.807) is 0 Å². The number of benzene rings is 2. The maximum Gasteiger partial charge on any atom is 0.416 e. The average Bonchev–Trinajstić information content (AvgIpc) is 2.53. The molecular weight excluding hydrogens is 388 g/mol. The number of nitrogens with two attached hydrogens (primary N) is 1. The molecule has 1 atom stereocenters. The molecule has 2 aromatic rings. The highest BCUT2D eigenvalue weighted by atomic mass is 32.2. The molecule has 0 saturated heterocycles. The molecule has 0 aliphatic rings. The Balaban J connectivity index is 2.56. The largest absolute Gasteiger partial charge is 0.416 e.